The van der Waals surface area contributed by atoms with Crippen LogP contribution in [0.25, 0.3) is 22.1 Å². The molecule has 0 bridgehead atoms. The first-order valence-corrected chi connectivity index (χ1v) is 9.41. The van der Waals surface area contributed by atoms with Crippen molar-refractivity contribution in [2.45, 2.75) is 6.92 Å². The van der Waals surface area contributed by atoms with Gasteiger partial charge in [-0.2, -0.15) is 5.10 Å². The van der Waals surface area contributed by atoms with E-state index in [1.54, 1.807) is 30.3 Å². The number of nitrogens with one attached hydrogen (secondary N) is 1. The fourth-order valence-electron chi connectivity index (χ4n) is 3.21. The Morgan fingerprint density at radius 1 is 1.00 bits per heavy atom. The number of amides is 1. The third-order valence-corrected chi connectivity index (χ3v) is 4.84. The van der Waals surface area contributed by atoms with E-state index in [9.17, 15) is 19.8 Å². The summed E-state index contributed by atoms with van der Waals surface area (Å²) in [4.78, 5) is 23.6. The lowest BCUT2D eigenvalue weighted by Crippen LogP contribution is -2.17. The smallest absolute Gasteiger partial charge is 0.335 e. The summed E-state index contributed by atoms with van der Waals surface area (Å²) in [5.74, 6) is -0.857. The first kappa shape index (κ1) is 19.9. The molecular formula is C24H18N2O5. The number of fused-ring (bicyclic) bond motifs is 1. The fourth-order valence-corrected chi connectivity index (χ4v) is 3.21. The van der Waals surface area contributed by atoms with Gasteiger partial charge in [0.05, 0.1) is 17.3 Å². The Morgan fingerprint density at radius 3 is 2.48 bits per heavy atom. The maximum absolute atomic E-state index is 12.4. The number of hydrogen-bond acceptors (Lipinski definition) is 5. The van der Waals surface area contributed by atoms with Crippen LogP contribution in [-0.2, 0) is 0 Å². The van der Waals surface area contributed by atoms with Crippen molar-refractivity contribution in [1.29, 1.82) is 0 Å². The SMILES string of the molecule is Cc1ccc(C(=O)O)cc1-c1ccc(C=NNC(=O)c2cc3ccccc3cc2O)o1. The van der Waals surface area contributed by atoms with E-state index in [2.05, 4.69) is 10.5 Å². The molecule has 3 aromatic carbocycles. The minimum Gasteiger partial charge on any atom is -0.507 e. The number of aromatic hydroxyl groups is 1. The Hall–Kier alpha value is -4.39. The molecule has 0 spiro atoms. The van der Waals surface area contributed by atoms with Gasteiger partial charge >= 0.3 is 5.97 Å². The number of aromatic carboxylic acids is 1. The second-order valence-electron chi connectivity index (χ2n) is 6.95. The molecule has 0 saturated carbocycles. The van der Waals surface area contributed by atoms with Gasteiger partial charge in [0.15, 0.2) is 0 Å². The Balaban J connectivity index is 1.50. The molecule has 0 unspecified atom stereocenters. The van der Waals surface area contributed by atoms with E-state index in [-0.39, 0.29) is 16.9 Å². The van der Waals surface area contributed by atoms with Crippen LogP contribution in [-0.4, -0.2) is 28.3 Å². The summed E-state index contributed by atoms with van der Waals surface area (Å²) in [6.07, 6.45) is 1.33. The van der Waals surface area contributed by atoms with Gasteiger partial charge in [-0.3, -0.25) is 4.79 Å². The minimum atomic E-state index is -1.02. The minimum absolute atomic E-state index is 0.108. The van der Waals surface area contributed by atoms with Crippen LogP contribution < -0.4 is 5.43 Å². The summed E-state index contributed by atoms with van der Waals surface area (Å²) in [6, 6.07) is 18.7. The van der Waals surface area contributed by atoms with Gasteiger partial charge in [0.25, 0.3) is 5.91 Å². The molecule has 0 atom stereocenters. The van der Waals surface area contributed by atoms with Gasteiger partial charge in [-0.1, -0.05) is 30.3 Å². The summed E-state index contributed by atoms with van der Waals surface area (Å²) >= 11 is 0. The largest absolute Gasteiger partial charge is 0.507 e. The third kappa shape index (κ3) is 4.16. The van der Waals surface area contributed by atoms with Gasteiger partial charge in [0.1, 0.15) is 17.3 Å². The predicted molar refractivity (Wildman–Crippen MR) is 117 cm³/mol. The molecule has 0 aliphatic carbocycles. The topological polar surface area (TPSA) is 112 Å². The molecule has 3 N–H and O–H groups in total. The highest BCUT2D eigenvalue weighted by Crippen LogP contribution is 2.27. The van der Waals surface area contributed by atoms with E-state index in [0.29, 0.717) is 17.1 Å². The van der Waals surface area contributed by atoms with Crippen LogP contribution in [0.5, 0.6) is 5.75 Å². The highest BCUT2D eigenvalue weighted by atomic mass is 16.4. The number of carbonyl (C=O) groups is 2. The molecule has 0 radical (unpaired) electrons. The van der Waals surface area contributed by atoms with Crippen molar-refractivity contribution in [2.24, 2.45) is 5.10 Å². The molecule has 154 valence electrons. The Bertz CT molecular complexity index is 1340. The lowest BCUT2D eigenvalue weighted by molar-refractivity contribution is 0.0696. The zero-order valence-electron chi connectivity index (χ0n) is 16.5. The average molecular weight is 414 g/mol. The van der Waals surface area contributed by atoms with Crippen LogP contribution in [0, 0.1) is 6.92 Å². The van der Waals surface area contributed by atoms with E-state index in [1.165, 1.54) is 18.3 Å². The van der Waals surface area contributed by atoms with E-state index in [4.69, 9.17) is 4.42 Å². The number of phenolic OH excluding ortho intramolecular Hbond substituents is 1. The van der Waals surface area contributed by atoms with Crippen LogP contribution in [0.15, 0.2) is 76.2 Å². The maximum atomic E-state index is 12.4. The van der Waals surface area contributed by atoms with Gasteiger partial charge in [0, 0.05) is 5.56 Å². The summed E-state index contributed by atoms with van der Waals surface area (Å²) < 4.78 is 5.71. The zero-order chi connectivity index (χ0) is 22.0. The molecule has 0 saturated heterocycles. The van der Waals surface area contributed by atoms with Crippen molar-refractivity contribution in [2.75, 3.05) is 0 Å². The zero-order valence-corrected chi connectivity index (χ0v) is 16.5. The van der Waals surface area contributed by atoms with Gasteiger partial charge in [0.2, 0.25) is 0 Å². The number of carboxylic acids is 1. The summed E-state index contributed by atoms with van der Waals surface area (Å²) in [6.45, 7) is 1.85. The molecule has 7 nitrogen and oxygen atoms in total. The van der Waals surface area contributed by atoms with Crippen molar-refractivity contribution in [3.8, 4) is 17.1 Å². The fraction of sp³-hybridized carbons (Fsp3) is 0.0417. The predicted octanol–water partition coefficient (Wildman–Crippen LogP) is 4.58. The number of phenols is 1. The summed E-state index contributed by atoms with van der Waals surface area (Å²) in [5.41, 5.74) is 4.16. The Labute approximate surface area is 177 Å². The standard InChI is InChI=1S/C24H18N2O5/c1-14-6-7-17(24(29)30)11-19(14)22-9-8-18(31-22)13-25-26-23(28)20-10-15-4-2-3-5-16(15)12-21(20)27/h2-13,27H,1H3,(H,26,28)(H,29,30). The molecule has 7 heteroatoms. The first-order chi connectivity index (χ1) is 14.9. The van der Waals surface area contributed by atoms with Crippen molar-refractivity contribution in [1.82, 2.24) is 5.43 Å². The molecular weight excluding hydrogens is 396 g/mol. The third-order valence-electron chi connectivity index (χ3n) is 4.84. The Kier molecular flexibility index (Phi) is 5.24. The number of carbonyl (C=O) groups excluding carboxylic acids is 1. The number of aryl methyl sites for hydroxylation is 1. The van der Waals surface area contributed by atoms with Crippen LogP contribution in [0.4, 0.5) is 0 Å². The van der Waals surface area contributed by atoms with Crippen molar-refractivity contribution < 1.29 is 24.2 Å². The van der Waals surface area contributed by atoms with E-state index in [1.807, 2.05) is 31.2 Å². The van der Waals surface area contributed by atoms with Gasteiger partial charge in [-0.15, -0.1) is 0 Å². The van der Waals surface area contributed by atoms with Crippen LogP contribution in [0.3, 0.4) is 0 Å². The van der Waals surface area contributed by atoms with Gasteiger partial charge in [-0.05, 0) is 59.7 Å². The lowest BCUT2D eigenvalue weighted by Gasteiger charge is -2.05. The molecule has 0 fully saturated rings. The van der Waals surface area contributed by atoms with Crippen LogP contribution in [0.1, 0.15) is 32.0 Å². The quantitative estimate of drug-likeness (QED) is 0.327. The number of rotatable bonds is 5. The second kappa shape index (κ2) is 8.16. The first-order valence-electron chi connectivity index (χ1n) is 9.41. The molecule has 1 heterocycles. The monoisotopic (exact) mass is 414 g/mol. The highest BCUT2D eigenvalue weighted by Gasteiger charge is 2.13. The molecule has 31 heavy (non-hydrogen) atoms. The maximum Gasteiger partial charge on any atom is 0.335 e. The molecule has 4 rings (SSSR count). The van der Waals surface area contributed by atoms with Crippen molar-refractivity contribution in [3.05, 3.63) is 89.2 Å². The van der Waals surface area contributed by atoms with E-state index < -0.39 is 11.9 Å². The van der Waals surface area contributed by atoms with E-state index in [0.717, 1.165) is 16.3 Å². The van der Waals surface area contributed by atoms with Gasteiger partial charge in [-0.25, -0.2) is 10.2 Å². The lowest BCUT2D eigenvalue weighted by atomic mass is 10.0. The molecule has 4 aromatic rings. The normalized spacial score (nSPS) is 11.1. The summed E-state index contributed by atoms with van der Waals surface area (Å²) in [7, 11) is 0. The van der Waals surface area contributed by atoms with Gasteiger partial charge < -0.3 is 14.6 Å². The summed E-state index contributed by atoms with van der Waals surface area (Å²) in [5, 5.41) is 24.9. The molecule has 1 aromatic heterocycles. The van der Waals surface area contributed by atoms with Crippen molar-refractivity contribution in [3.63, 3.8) is 0 Å². The number of nitrogens with zero attached hydrogens (tertiary/aromatic N) is 1. The number of hydrogen-bond donors (Lipinski definition) is 3. The number of furan rings is 1. The Morgan fingerprint density at radius 2 is 1.74 bits per heavy atom. The van der Waals surface area contributed by atoms with Crippen molar-refractivity contribution >= 4 is 28.9 Å². The number of hydrazone groups is 1. The number of carboxylic acid groups (broad SMARTS) is 1. The van der Waals surface area contributed by atoms with Crippen LogP contribution in [0.2, 0.25) is 0 Å². The molecule has 0 aliphatic heterocycles. The van der Waals surface area contributed by atoms with Crippen LogP contribution >= 0.6 is 0 Å². The molecule has 1 amide bonds. The second-order valence-corrected chi connectivity index (χ2v) is 6.95. The highest BCUT2D eigenvalue weighted by molar-refractivity contribution is 6.01. The average Bonchev–Trinajstić information content (AvgIpc) is 3.22. The van der Waals surface area contributed by atoms with E-state index >= 15 is 0 Å². The number of benzene rings is 3. The molecule has 0 aliphatic rings.